The second-order valence-corrected chi connectivity index (χ2v) is 5.87. The molecule has 0 unspecified atom stereocenters. The molecule has 0 saturated heterocycles. The van der Waals surface area contributed by atoms with Gasteiger partial charge in [-0.05, 0) is 6.92 Å². The number of nitrogens with zero attached hydrogens (tertiary/aromatic N) is 3. The normalized spacial score (nSPS) is 14.0. The maximum Gasteiger partial charge on any atom is 0.459 e. The van der Waals surface area contributed by atoms with Gasteiger partial charge in [-0.1, -0.05) is 20.8 Å². The number of hydrogen-bond acceptors (Lipinski definition) is 2. The van der Waals surface area contributed by atoms with Gasteiger partial charge in [0.1, 0.15) is 17.2 Å². The summed E-state index contributed by atoms with van der Waals surface area (Å²) in [6.45, 7) is 6.95. The average molecular weight is 307 g/mol. The second kappa shape index (κ2) is 4.38. The van der Waals surface area contributed by atoms with Crippen LogP contribution < -0.4 is 0 Å². The fraction of sp³-hybridized carbons (Fsp3) is 0.538. The van der Waals surface area contributed by atoms with Gasteiger partial charge in [-0.3, -0.25) is 4.40 Å². The van der Waals surface area contributed by atoms with E-state index in [9.17, 15) is 22.0 Å². The lowest BCUT2D eigenvalue weighted by Crippen LogP contribution is -2.34. The molecular weight excluding hydrogens is 293 g/mol. The molecule has 3 nitrogen and oxygen atoms in total. The summed E-state index contributed by atoms with van der Waals surface area (Å²) in [5, 5.41) is 0. The van der Waals surface area contributed by atoms with Gasteiger partial charge in [0.25, 0.3) is 0 Å². The number of alkyl halides is 5. The van der Waals surface area contributed by atoms with Crippen LogP contribution in [0.1, 0.15) is 38.0 Å². The zero-order valence-electron chi connectivity index (χ0n) is 11.9. The highest BCUT2D eigenvalue weighted by Crippen LogP contribution is 2.43. The molecule has 0 atom stereocenters. The summed E-state index contributed by atoms with van der Waals surface area (Å²) in [6, 6.07) is 0.676. The second-order valence-electron chi connectivity index (χ2n) is 5.87. The lowest BCUT2D eigenvalue weighted by atomic mass is 9.93. The highest BCUT2D eigenvalue weighted by Gasteiger charge is 2.60. The van der Waals surface area contributed by atoms with Crippen molar-refractivity contribution in [3.05, 3.63) is 29.5 Å². The fourth-order valence-corrected chi connectivity index (χ4v) is 1.81. The summed E-state index contributed by atoms with van der Waals surface area (Å²) in [6.07, 6.45) is -4.10. The number of aryl methyl sites for hydroxylation is 1. The first-order valence-corrected chi connectivity index (χ1v) is 6.16. The van der Waals surface area contributed by atoms with Crippen molar-refractivity contribution in [1.29, 1.82) is 0 Å². The zero-order chi connectivity index (χ0) is 16.2. The Kier molecular flexibility index (Phi) is 3.27. The van der Waals surface area contributed by atoms with Crippen molar-refractivity contribution in [3.8, 4) is 0 Å². The first-order valence-electron chi connectivity index (χ1n) is 6.16. The molecule has 0 N–H and O–H groups in total. The highest BCUT2D eigenvalue weighted by atomic mass is 19.4. The van der Waals surface area contributed by atoms with E-state index in [1.807, 2.05) is 20.8 Å². The topological polar surface area (TPSA) is 30.2 Å². The molecule has 116 valence electrons. The van der Waals surface area contributed by atoms with Crippen LogP contribution in [0.15, 0.2) is 12.3 Å². The minimum Gasteiger partial charge on any atom is -0.288 e. The molecule has 0 bridgehead atoms. The van der Waals surface area contributed by atoms with Crippen molar-refractivity contribution in [2.75, 3.05) is 0 Å². The van der Waals surface area contributed by atoms with Gasteiger partial charge >= 0.3 is 12.1 Å². The predicted octanol–water partition coefficient (Wildman–Crippen LogP) is 3.99. The Bertz CT molecular complexity index is 679. The van der Waals surface area contributed by atoms with E-state index >= 15 is 0 Å². The van der Waals surface area contributed by atoms with Crippen LogP contribution in [0, 0.1) is 6.92 Å². The Labute approximate surface area is 117 Å². The van der Waals surface area contributed by atoms with Gasteiger partial charge in [-0.2, -0.15) is 22.0 Å². The molecule has 0 aromatic carbocycles. The Balaban J connectivity index is 2.66. The summed E-state index contributed by atoms with van der Waals surface area (Å²) < 4.78 is 65.5. The van der Waals surface area contributed by atoms with Crippen LogP contribution in [0.2, 0.25) is 0 Å². The van der Waals surface area contributed by atoms with E-state index < -0.39 is 17.8 Å². The monoisotopic (exact) mass is 307 g/mol. The molecule has 8 heteroatoms. The lowest BCUT2D eigenvalue weighted by molar-refractivity contribution is -0.291. The van der Waals surface area contributed by atoms with Crippen LogP contribution >= 0.6 is 0 Å². The van der Waals surface area contributed by atoms with Crippen LogP contribution in [0.5, 0.6) is 0 Å². The van der Waals surface area contributed by atoms with E-state index in [1.54, 1.807) is 6.20 Å². The van der Waals surface area contributed by atoms with Gasteiger partial charge in [-0.25, -0.2) is 9.97 Å². The van der Waals surface area contributed by atoms with Gasteiger partial charge in [0.2, 0.25) is 0 Å². The maximum atomic E-state index is 13.4. The molecule has 2 rings (SSSR count). The van der Waals surface area contributed by atoms with Crippen molar-refractivity contribution in [2.24, 2.45) is 0 Å². The summed E-state index contributed by atoms with van der Waals surface area (Å²) in [5.41, 5.74) is -1.09. The van der Waals surface area contributed by atoms with E-state index in [4.69, 9.17) is 0 Å². The molecule has 0 spiro atoms. The van der Waals surface area contributed by atoms with Crippen LogP contribution in [-0.2, 0) is 11.3 Å². The molecule has 2 heterocycles. The van der Waals surface area contributed by atoms with Crippen LogP contribution in [0.4, 0.5) is 22.0 Å². The van der Waals surface area contributed by atoms with E-state index in [0.29, 0.717) is 11.8 Å². The van der Waals surface area contributed by atoms with E-state index in [0.717, 1.165) is 0 Å². The molecule has 0 aliphatic heterocycles. The summed E-state index contributed by atoms with van der Waals surface area (Å²) in [5.74, 6) is -4.98. The number of imidazole rings is 1. The van der Waals surface area contributed by atoms with Crippen molar-refractivity contribution in [3.63, 3.8) is 0 Å². The van der Waals surface area contributed by atoms with Gasteiger partial charge in [0, 0.05) is 17.7 Å². The highest BCUT2D eigenvalue weighted by molar-refractivity contribution is 5.44. The third kappa shape index (κ3) is 2.58. The standard InChI is InChI=1S/C13H14F5N3/c1-7-19-8(12(14,15)13(16,17)18)5-10-20-9(6-21(7)10)11(2,3)4/h5-6H,1-4H3. The van der Waals surface area contributed by atoms with Gasteiger partial charge in [0.05, 0.1) is 5.69 Å². The van der Waals surface area contributed by atoms with Crippen molar-refractivity contribution >= 4 is 5.65 Å². The third-order valence-corrected chi connectivity index (χ3v) is 3.08. The molecule has 21 heavy (non-hydrogen) atoms. The minimum absolute atomic E-state index is 0.0198. The Morgan fingerprint density at radius 1 is 0.952 bits per heavy atom. The average Bonchev–Trinajstić information content (AvgIpc) is 2.71. The van der Waals surface area contributed by atoms with E-state index in [1.165, 1.54) is 11.3 Å². The quantitative estimate of drug-likeness (QED) is 0.746. The molecule has 0 radical (unpaired) electrons. The largest absolute Gasteiger partial charge is 0.459 e. The molecular formula is C13H14F5N3. The zero-order valence-corrected chi connectivity index (χ0v) is 11.9. The molecule has 2 aromatic heterocycles. The molecule has 0 fully saturated rings. The Hall–Kier alpha value is -1.73. The fourth-order valence-electron chi connectivity index (χ4n) is 1.81. The minimum atomic E-state index is -5.69. The summed E-state index contributed by atoms with van der Waals surface area (Å²) >= 11 is 0. The molecule has 0 amide bonds. The number of aromatic nitrogens is 3. The van der Waals surface area contributed by atoms with Gasteiger partial charge < -0.3 is 0 Å². The van der Waals surface area contributed by atoms with E-state index in [2.05, 4.69) is 9.97 Å². The summed E-state index contributed by atoms with van der Waals surface area (Å²) in [4.78, 5) is 7.51. The van der Waals surface area contributed by atoms with Crippen molar-refractivity contribution < 1.29 is 22.0 Å². The lowest BCUT2D eigenvalue weighted by Gasteiger charge is -2.19. The smallest absolute Gasteiger partial charge is 0.288 e. The van der Waals surface area contributed by atoms with Gasteiger partial charge in [-0.15, -0.1) is 0 Å². The Morgan fingerprint density at radius 3 is 2.00 bits per heavy atom. The number of fused-ring (bicyclic) bond motifs is 1. The Morgan fingerprint density at radius 2 is 1.52 bits per heavy atom. The maximum absolute atomic E-state index is 13.4. The number of halogens is 5. The summed E-state index contributed by atoms with van der Waals surface area (Å²) in [7, 11) is 0. The first-order chi connectivity index (χ1) is 9.34. The van der Waals surface area contributed by atoms with Crippen LogP contribution in [0.3, 0.4) is 0 Å². The molecule has 0 aliphatic carbocycles. The van der Waals surface area contributed by atoms with Gasteiger partial charge in [0.15, 0.2) is 0 Å². The number of hydrogen-bond donors (Lipinski definition) is 0. The third-order valence-electron chi connectivity index (χ3n) is 3.08. The van der Waals surface area contributed by atoms with Crippen molar-refractivity contribution in [1.82, 2.24) is 14.4 Å². The SMILES string of the molecule is Cc1nc(C(F)(F)C(F)(F)F)cc2nc(C(C)(C)C)cn12. The number of rotatable bonds is 1. The molecule has 2 aromatic rings. The van der Waals surface area contributed by atoms with Crippen molar-refractivity contribution in [2.45, 2.75) is 45.2 Å². The van der Waals surface area contributed by atoms with Crippen LogP contribution in [0.25, 0.3) is 5.65 Å². The molecule has 0 saturated carbocycles. The van der Waals surface area contributed by atoms with E-state index in [-0.39, 0.29) is 16.9 Å². The first kappa shape index (κ1) is 15.7. The van der Waals surface area contributed by atoms with Crippen LogP contribution in [-0.4, -0.2) is 20.5 Å². The molecule has 0 aliphatic rings. The predicted molar refractivity (Wildman–Crippen MR) is 66.4 cm³/mol.